The first kappa shape index (κ1) is 11.5. The summed E-state index contributed by atoms with van der Waals surface area (Å²) in [6, 6.07) is 14.8. The van der Waals surface area contributed by atoms with Crippen molar-refractivity contribution in [2.75, 3.05) is 5.32 Å². The molecule has 4 nitrogen and oxygen atoms in total. The van der Waals surface area contributed by atoms with E-state index in [4.69, 9.17) is 4.42 Å². The minimum Gasteiger partial charge on any atom is -0.432 e. The number of aromatic nitrogens is 1. The van der Waals surface area contributed by atoms with E-state index in [1.807, 2.05) is 49.4 Å². The fourth-order valence-corrected chi connectivity index (χ4v) is 1.79. The summed E-state index contributed by atoms with van der Waals surface area (Å²) in [7, 11) is 0. The molecule has 0 fully saturated rings. The molecule has 0 aliphatic carbocycles. The quantitative estimate of drug-likeness (QED) is 0.760. The molecule has 0 saturated carbocycles. The zero-order chi connectivity index (χ0) is 13.2. The maximum Gasteiger partial charge on any atom is 0.311 e. The Labute approximate surface area is 110 Å². The lowest BCUT2D eigenvalue weighted by atomic mass is 10.2. The van der Waals surface area contributed by atoms with Crippen LogP contribution in [-0.4, -0.2) is 10.9 Å². The number of hydrogen-bond donors (Lipinski definition) is 1. The summed E-state index contributed by atoms with van der Waals surface area (Å²) in [4.78, 5) is 16.1. The van der Waals surface area contributed by atoms with Crippen LogP contribution in [0.1, 0.15) is 16.2 Å². The maximum absolute atomic E-state index is 12.0. The number of carbonyl (C=O) groups excluding carboxylic acids is 1. The molecule has 3 aromatic rings. The lowest BCUT2D eigenvalue weighted by Crippen LogP contribution is -2.12. The Kier molecular flexibility index (Phi) is 2.76. The average molecular weight is 252 g/mol. The van der Waals surface area contributed by atoms with Crippen molar-refractivity contribution in [2.45, 2.75) is 6.92 Å². The number of aryl methyl sites for hydroxylation is 1. The van der Waals surface area contributed by atoms with Crippen molar-refractivity contribution in [3.05, 3.63) is 60.0 Å². The maximum atomic E-state index is 12.0. The molecule has 0 saturated heterocycles. The van der Waals surface area contributed by atoms with Gasteiger partial charge in [-0.1, -0.05) is 29.8 Å². The Balaban J connectivity index is 1.85. The van der Waals surface area contributed by atoms with Crippen molar-refractivity contribution < 1.29 is 9.21 Å². The number of benzene rings is 2. The van der Waals surface area contributed by atoms with Crippen molar-refractivity contribution >= 4 is 22.7 Å². The molecule has 0 spiro atoms. The van der Waals surface area contributed by atoms with Crippen molar-refractivity contribution in [1.82, 2.24) is 4.98 Å². The van der Waals surface area contributed by atoms with Crippen molar-refractivity contribution in [3.8, 4) is 0 Å². The molecule has 0 atom stereocenters. The monoisotopic (exact) mass is 252 g/mol. The number of amides is 1. The molecule has 19 heavy (non-hydrogen) atoms. The fraction of sp³-hybridized carbons (Fsp3) is 0.0667. The van der Waals surface area contributed by atoms with E-state index < -0.39 is 0 Å². The molecule has 0 aliphatic heterocycles. The van der Waals surface area contributed by atoms with E-state index in [2.05, 4.69) is 10.3 Å². The highest BCUT2D eigenvalue weighted by atomic mass is 16.4. The number of hydrogen-bond acceptors (Lipinski definition) is 3. The molecule has 1 amide bonds. The molecule has 2 aromatic carbocycles. The number of anilines is 1. The van der Waals surface area contributed by atoms with Crippen LogP contribution < -0.4 is 5.32 Å². The second-order valence-electron chi connectivity index (χ2n) is 4.31. The van der Waals surface area contributed by atoms with Crippen LogP contribution in [0, 0.1) is 6.92 Å². The summed E-state index contributed by atoms with van der Waals surface area (Å²) in [5, 5.41) is 2.75. The zero-order valence-corrected chi connectivity index (χ0v) is 10.4. The summed E-state index contributed by atoms with van der Waals surface area (Å²) in [5.41, 5.74) is 3.14. The van der Waals surface area contributed by atoms with Gasteiger partial charge in [0.15, 0.2) is 5.58 Å². The number of nitrogens with zero attached hydrogens (tertiary/aromatic N) is 1. The summed E-state index contributed by atoms with van der Waals surface area (Å²) < 4.78 is 5.40. The smallest absolute Gasteiger partial charge is 0.311 e. The van der Waals surface area contributed by atoms with Crippen LogP contribution in [0.2, 0.25) is 0 Å². The van der Waals surface area contributed by atoms with Gasteiger partial charge in [0.2, 0.25) is 0 Å². The summed E-state index contributed by atoms with van der Waals surface area (Å²) in [6.07, 6.45) is 0. The van der Waals surface area contributed by atoms with E-state index in [0.717, 1.165) is 11.3 Å². The predicted octanol–water partition coefficient (Wildman–Crippen LogP) is 3.39. The third kappa shape index (κ3) is 2.33. The number of rotatable bonds is 2. The molecule has 1 aromatic heterocycles. The highest BCUT2D eigenvalue weighted by Crippen LogP contribution is 2.16. The van der Waals surface area contributed by atoms with E-state index in [9.17, 15) is 4.79 Å². The standard InChI is InChI=1S/C15H12N2O2/c1-10-6-8-11(9-7-10)16-14(18)15-17-12-4-2-3-5-13(12)19-15/h2-9H,1H3,(H,16,18). The summed E-state index contributed by atoms with van der Waals surface area (Å²) >= 11 is 0. The number of oxazole rings is 1. The fourth-order valence-electron chi connectivity index (χ4n) is 1.79. The molecular weight excluding hydrogens is 240 g/mol. The van der Waals surface area contributed by atoms with Gasteiger partial charge in [-0.25, -0.2) is 4.98 Å². The van der Waals surface area contributed by atoms with Gasteiger partial charge in [-0.3, -0.25) is 4.79 Å². The van der Waals surface area contributed by atoms with Crippen molar-refractivity contribution in [1.29, 1.82) is 0 Å². The first-order valence-corrected chi connectivity index (χ1v) is 5.96. The molecule has 0 radical (unpaired) electrons. The second-order valence-corrected chi connectivity index (χ2v) is 4.31. The van der Waals surface area contributed by atoms with Crippen LogP contribution >= 0.6 is 0 Å². The van der Waals surface area contributed by atoms with Gasteiger partial charge in [0.25, 0.3) is 5.89 Å². The average Bonchev–Trinajstić information content (AvgIpc) is 2.85. The molecule has 4 heteroatoms. The molecule has 1 heterocycles. The Hall–Kier alpha value is -2.62. The van der Waals surface area contributed by atoms with Crippen LogP contribution in [0.25, 0.3) is 11.1 Å². The summed E-state index contributed by atoms with van der Waals surface area (Å²) in [5.74, 6) is -0.276. The number of para-hydroxylation sites is 2. The highest BCUT2D eigenvalue weighted by molar-refractivity contribution is 6.02. The molecule has 0 unspecified atom stereocenters. The topological polar surface area (TPSA) is 55.1 Å². The number of nitrogens with one attached hydrogen (secondary N) is 1. The van der Waals surface area contributed by atoms with Crippen LogP contribution in [0.4, 0.5) is 5.69 Å². The minimum absolute atomic E-state index is 0.0711. The summed E-state index contributed by atoms with van der Waals surface area (Å²) in [6.45, 7) is 1.99. The predicted molar refractivity (Wildman–Crippen MR) is 73.1 cm³/mol. The highest BCUT2D eigenvalue weighted by Gasteiger charge is 2.13. The molecule has 0 bridgehead atoms. The Morgan fingerprint density at radius 3 is 2.58 bits per heavy atom. The van der Waals surface area contributed by atoms with E-state index in [1.165, 1.54) is 0 Å². The van der Waals surface area contributed by atoms with E-state index in [1.54, 1.807) is 6.07 Å². The van der Waals surface area contributed by atoms with Crippen molar-refractivity contribution in [3.63, 3.8) is 0 Å². The van der Waals surface area contributed by atoms with Gasteiger partial charge >= 0.3 is 5.91 Å². The van der Waals surface area contributed by atoms with Gasteiger partial charge < -0.3 is 9.73 Å². The Morgan fingerprint density at radius 2 is 1.84 bits per heavy atom. The van der Waals surface area contributed by atoms with Gasteiger partial charge in [0.1, 0.15) is 5.52 Å². The van der Waals surface area contributed by atoms with Gasteiger partial charge in [0, 0.05) is 5.69 Å². The zero-order valence-electron chi connectivity index (χ0n) is 10.4. The Morgan fingerprint density at radius 1 is 1.11 bits per heavy atom. The first-order valence-electron chi connectivity index (χ1n) is 5.96. The van der Waals surface area contributed by atoms with E-state index in [-0.39, 0.29) is 11.8 Å². The number of carbonyl (C=O) groups is 1. The molecule has 3 rings (SSSR count). The van der Waals surface area contributed by atoms with Crippen LogP contribution in [-0.2, 0) is 0 Å². The van der Waals surface area contributed by atoms with Crippen molar-refractivity contribution in [2.24, 2.45) is 0 Å². The van der Waals surface area contributed by atoms with Gasteiger partial charge in [-0.05, 0) is 31.2 Å². The minimum atomic E-state index is -0.347. The van der Waals surface area contributed by atoms with E-state index in [0.29, 0.717) is 11.1 Å². The van der Waals surface area contributed by atoms with Gasteiger partial charge in [-0.2, -0.15) is 0 Å². The largest absolute Gasteiger partial charge is 0.432 e. The molecule has 94 valence electrons. The lowest BCUT2D eigenvalue weighted by Gasteiger charge is -2.02. The Bertz CT molecular complexity index is 696. The van der Waals surface area contributed by atoms with E-state index >= 15 is 0 Å². The normalized spacial score (nSPS) is 10.6. The van der Waals surface area contributed by atoms with Gasteiger partial charge in [0.05, 0.1) is 0 Å². The molecule has 0 aliphatic rings. The lowest BCUT2D eigenvalue weighted by molar-refractivity contribution is 0.0992. The molecule has 1 N–H and O–H groups in total. The van der Waals surface area contributed by atoms with Crippen LogP contribution in [0.5, 0.6) is 0 Å². The second kappa shape index (κ2) is 4.57. The third-order valence-electron chi connectivity index (χ3n) is 2.80. The molecular formula is C15H12N2O2. The van der Waals surface area contributed by atoms with Crippen LogP contribution in [0.3, 0.4) is 0 Å². The first-order chi connectivity index (χ1) is 9.22. The third-order valence-corrected chi connectivity index (χ3v) is 2.80. The number of fused-ring (bicyclic) bond motifs is 1. The van der Waals surface area contributed by atoms with Gasteiger partial charge in [-0.15, -0.1) is 0 Å². The SMILES string of the molecule is Cc1ccc(NC(=O)c2nc3ccccc3o2)cc1. The van der Waals surface area contributed by atoms with Crippen LogP contribution in [0.15, 0.2) is 52.9 Å².